The Morgan fingerprint density at radius 2 is 0.600 bits per heavy atom. The van der Waals surface area contributed by atoms with E-state index in [2.05, 4.69) is 0 Å². The van der Waals surface area contributed by atoms with E-state index >= 15 is 0 Å². The van der Waals surface area contributed by atoms with Gasteiger partial charge in [0.25, 0.3) is 0 Å². The third-order valence-electron chi connectivity index (χ3n) is 0. The summed E-state index contributed by atoms with van der Waals surface area (Å²) in [5, 5.41) is 0. The van der Waals surface area contributed by atoms with Crippen LogP contribution in [-0.2, 0) is 32.7 Å². The van der Waals surface area contributed by atoms with Gasteiger partial charge in [-0.05, 0) is 0 Å². The van der Waals surface area contributed by atoms with E-state index in [1.165, 1.54) is 0 Å². The maximum atomic E-state index is 0. The fraction of sp³-hybridized carbons (Fsp3) is 0. The molecule has 0 bridgehead atoms. The summed E-state index contributed by atoms with van der Waals surface area (Å²) in [4.78, 5) is 0. The van der Waals surface area contributed by atoms with Gasteiger partial charge in [0.1, 0.15) is 0 Å². The summed E-state index contributed by atoms with van der Waals surface area (Å²) in [6.45, 7) is 0. The molecule has 0 heterocycles. The van der Waals surface area contributed by atoms with Crippen LogP contribution in [0.1, 0.15) is 0 Å². The van der Waals surface area contributed by atoms with Crippen molar-refractivity contribution in [3.8, 4) is 0 Å². The summed E-state index contributed by atoms with van der Waals surface area (Å²) in [7, 11) is 0. The van der Waals surface area contributed by atoms with Crippen LogP contribution in [0.2, 0.25) is 0 Å². The monoisotopic (exact) mass is 285 g/mol. The van der Waals surface area contributed by atoms with Crippen molar-refractivity contribution >= 4 is 0 Å². The maximum Gasteiger partial charge on any atom is 3.00 e. The van der Waals surface area contributed by atoms with Crippen molar-refractivity contribution in [3.63, 3.8) is 0 Å². The van der Waals surface area contributed by atoms with E-state index in [-0.39, 0.29) is 82.4 Å². The topological polar surface area (TPSA) is 0 Å². The molecule has 0 nitrogen and oxygen atoms in total. The molecule has 0 N–H and O–H groups in total. The van der Waals surface area contributed by atoms with Crippen molar-refractivity contribution in [3.05, 3.63) is 0 Å². The van der Waals surface area contributed by atoms with Crippen LogP contribution in [0.5, 0.6) is 0 Å². The maximum absolute atomic E-state index is 0. The van der Waals surface area contributed by atoms with E-state index in [0.29, 0.717) is 0 Å². The standard InChI is InChI=1S/3FH.La.Y/h3*1H;;/q;;;+3;/p-3. The molecule has 0 spiro atoms. The van der Waals surface area contributed by atoms with Crippen LogP contribution in [0.3, 0.4) is 0 Å². The van der Waals surface area contributed by atoms with E-state index in [4.69, 9.17) is 0 Å². The molecule has 0 saturated heterocycles. The molecule has 0 saturated carbocycles. The summed E-state index contributed by atoms with van der Waals surface area (Å²) in [5.41, 5.74) is 0. The summed E-state index contributed by atoms with van der Waals surface area (Å²) in [5.74, 6) is 0. The first-order valence-electron chi connectivity index (χ1n) is 0. The third kappa shape index (κ3) is 23.3. The summed E-state index contributed by atoms with van der Waals surface area (Å²) in [6.07, 6.45) is 0. The van der Waals surface area contributed by atoms with Gasteiger partial charge >= 0.3 is 35.6 Å². The molecule has 0 aliphatic carbocycles. The molecule has 0 unspecified atom stereocenters. The average Bonchev–Trinajstić information content (AvgIpc) is 0. The fourth-order valence-corrected chi connectivity index (χ4v) is 0. The van der Waals surface area contributed by atoms with Crippen LogP contribution in [0.15, 0.2) is 0 Å². The van der Waals surface area contributed by atoms with Crippen LogP contribution >= 0.6 is 0 Å². The Hall–Kier alpha value is 2.09. The Balaban J connectivity index is 0. The zero-order chi connectivity index (χ0) is 0. The number of hydrogen-bond donors (Lipinski definition) is 0. The largest absolute Gasteiger partial charge is 3.00 e. The van der Waals surface area contributed by atoms with Gasteiger partial charge in [0, 0.05) is 32.7 Å². The van der Waals surface area contributed by atoms with E-state index < -0.39 is 0 Å². The predicted octanol–water partition coefficient (Wildman–Crippen LogP) is -8.99. The van der Waals surface area contributed by atoms with E-state index in [0.717, 1.165) is 0 Å². The third-order valence-corrected chi connectivity index (χ3v) is 0. The van der Waals surface area contributed by atoms with Gasteiger partial charge in [0.2, 0.25) is 0 Å². The molecule has 5 heavy (non-hydrogen) atoms. The quantitative estimate of drug-likeness (QED) is 0.415. The van der Waals surface area contributed by atoms with Gasteiger partial charge < -0.3 is 14.1 Å². The van der Waals surface area contributed by atoms with Gasteiger partial charge in [-0.1, -0.05) is 0 Å². The zero-order valence-corrected chi connectivity index (χ0v) is 8.75. The fourth-order valence-electron chi connectivity index (χ4n) is 0. The Bertz CT molecular complexity index is 6.85. The molecule has 27 valence electrons. The zero-order valence-electron chi connectivity index (χ0n) is 2.29. The second kappa shape index (κ2) is 36.1. The predicted molar refractivity (Wildman–Crippen MR) is 0 cm³/mol. The van der Waals surface area contributed by atoms with Crippen molar-refractivity contribution in [2.75, 3.05) is 0 Å². The molecular formula is F3LaY. The summed E-state index contributed by atoms with van der Waals surface area (Å²) >= 11 is 0. The van der Waals surface area contributed by atoms with E-state index in [1.54, 1.807) is 0 Å². The SMILES string of the molecule is [F-].[F-].[F-].[La+3].[Y]. The van der Waals surface area contributed by atoms with Gasteiger partial charge in [0.15, 0.2) is 0 Å². The van der Waals surface area contributed by atoms with Crippen LogP contribution < -0.4 is 14.1 Å². The second-order valence-electron chi connectivity index (χ2n) is 0. The van der Waals surface area contributed by atoms with Crippen LogP contribution in [0.25, 0.3) is 0 Å². The van der Waals surface area contributed by atoms with E-state index in [1.807, 2.05) is 0 Å². The van der Waals surface area contributed by atoms with Crippen LogP contribution in [0.4, 0.5) is 0 Å². The molecule has 5 heteroatoms. The average molecular weight is 285 g/mol. The van der Waals surface area contributed by atoms with Gasteiger partial charge in [-0.25, -0.2) is 0 Å². The first kappa shape index (κ1) is 60.2. The van der Waals surface area contributed by atoms with Crippen molar-refractivity contribution in [1.82, 2.24) is 0 Å². The molecule has 0 aliphatic rings. The molecule has 0 atom stereocenters. The Labute approximate surface area is 81.0 Å². The normalized spacial score (nSPS) is 0. The van der Waals surface area contributed by atoms with Crippen molar-refractivity contribution in [1.29, 1.82) is 0 Å². The number of halogens is 3. The number of hydrogen-bond acceptors (Lipinski definition) is 0. The molecule has 0 aromatic rings. The van der Waals surface area contributed by atoms with Gasteiger partial charge in [0.05, 0.1) is 0 Å². The molecular weight excluding hydrogens is 285 g/mol. The van der Waals surface area contributed by atoms with Gasteiger partial charge in [-0.15, -0.1) is 0 Å². The molecule has 0 fully saturated rings. The summed E-state index contributed by atoms with van der Waals surface area (Å²) in [6, 6.07) is 0. The van der Waals surface area contributed by atoms with Crippen LogP contribution in [0, 0.1) is 35.6 Å². The summed E-state index contributed by atoms with van der Waals surface area (Å²) < 4.78 is 0. The first-order chi connectivity index (χ1) is 0. The first-order valence-corrected chi connectivity index (χ1v) is 0. The Morgan fingerprint density at radius 1 is 0.600 bits per heavy atom. The van der Waals surface area contributed by atoms with Gasteiger partial charge in [-0.3, -0.25) is 0 Å². The van der Waals surface area contributed by atoms with E-state index in [9.17, 15) is 0 Å². The number of rotatable bonds is 0. The van der Waals surface area contributed by atoms with Crippen molar-refractivity contribution in [2.45, 2.75) is 0 Å². The molecule has 0 rings (SSSR count). The molecule has 0 aromatic heterocycles. The second-order valence-corrected chi connectivity index (χ2v) is 0. The minimum Gasteiger partial charge on any atom is -1.00 e. The van der Waals surface area contributed by atoms with Crippen molar-refractivity contribution in [2.24, 2.45) is 0 Å². The van der Waals surface area contributed by atoms with Crippen LogP contribution in [-0.4, -0.2) is 0 Å². The van der Waals surface area contributed by atoms with Crippen molar-refractivity contribution < 1.29 is 82.4 Å². The smallest absolute Gasteiger partial charge is 1.00 e. The Kier molecular flexibility index (Phi) is 435. The minimum atomic E-state index is 0. The molecule has 0 aliphatic heterocycles. The molecule has 0 aromatic carbocycles. The molecule has 1 radical (unpaired) electrons. The minimum absolute atomic E-state index is 0. The Morgan fingerprint density at radius 3 is 0.600 bits per heavy atom. The van der Waals surface area contributed by atoms with Gasteiger partial charge in [-0.2, -0.15) is 0 Å². The molecule has 0 amide bonds.